The smallest absolute Gasteiger partial charge is 0.150 e. The molecule has 0 saturated carbocycles. The van der Waals surface area contributed by atoms with E-state index in [-0.39, 0.29) is 17.4 Å². The standard InChI is InChI=1S/C10H19NO3S/c1-8-10(7-11,3-4-14-8)9-2-5-15(12,13)6-9/h8-9H,2-7,11H2,1H3. The van der Waals surface area contributed by atoms with E-state index in [1.165, 1.54) is 0 Å². The van der Waals surface area contributed by atoms with E-state index in [4.69, 9.17) is 10.5 Å². The first-order chi connectivity index (χ1) is 7.00. The van der Waals surface area contributed by atoms with Crippen molar-refractivity contribution in [1.82, 2.24) is 0 Å². The molecular formula is C10H19NO3S. The summed E-state index contributed by atoms with van der Waals surface area (Å²) in [5, 5.41) is 0. The fourth-order valence-corrected chi connectivity index (χ4v) is 4.94. The van der Waals surface area contributed by atoms with Crippen molar-refractivity contribution >= 4 is 9.84 Å². The van der Waals surface area contributed by atoms with Gasteiger partial charge in [0.2, 0.25) is 0 Å². The molecule has 0 aromatic carbocycles. The Morgan fingerprint density at radius 3 is 2.67 bits per heavy atom. The van der Waals surface area contributed by atoms with Crippen LogP contribution in [0.5, 0.6) is 0 Å². The number of ether oxygens (including phenoxy) is 1. The van der Waals surface area contributed by atoms with Crippen molar-refractivity contribution in [3.05, 3.63) is 0 Å². The maximum absolute atomic E-state index is 11.5. The van der Waals surface area contributed by atoms with Gasteiger partial charge in [-0.1, -0.05) is 0 Å². The van der Waals surface area contributed by atoms with Gasteiger partial charge in [-0.2, -0.15) is 0 Å². The summed E-state index contributed by atoms with van der Waals surface area (Å²) in [5.41, 5.74) is 5.76. The van der Waals surface area contributed by atoms with Crippen LogP contribution in [0.2, 0.25) is 0 Å². The molecule has 0 amide bonds. The topological polar surface area (TPSA) is 69.4 Å². The average Bonchev–Trinajstić information content (AvgIpc) is 2.70. The molecule has 2 aliphatic rings. The van der Waals surface area contributed by atoms with Crippen LogP contribution in [0.1, 0.15) is 19.8 Å². The van der Waals surface area contributed by atoms with Crippen LogP contribution in [0, 0.1) is 11.3 Å². The number of rotatable bonds is 2. The van der Waals surface area contributed by atoms with Gasteiger partial charge in [-0.15, -0.1) is 0 Å². The zero-order valence-corrected chi connectivity index (χ0v) is 9.92. The Morgan fingerprint density at radius 1 is 1.53 bits per heavy atom. The molecule has 2 rings (SSSR count). The van der Waals surface area contributed by atoms with E-state index in [0.717, 1.165) is 19.4 Å². The molecule has 0 spiro atoms. The van der Waals surface area contributed by atoms with Crippen molar-refractivity contribution in [2.75, 3.05) is 24.7 Å². The van der Waals surface area contributed by atoms with Crippen molar-refractivity contribution in [1.29, 1.82) is 0 Å². The third kappa shape index (κ3) is 1.81. The van der Waals surface area contributed by atoms with E-state index < -0.39 is 9.84 Å². The fourth-order valence-electron chi connectivity index (χ4n) is 3.01. The maximum atomic E-state index is 11.5. The molecular weight excluding hydrogens is 214 g/mol. The van der Waals surface area contributed by atoms with Gasteiger partial charge < -0.3 is 10.5 Å². The molecule has 5 heteroatoms. The zero-order chi connectivity index (χ0) is 11.1. The summed E-state index contributed by atoms with van der Waals surface area (Å²) in [6, 6.07) is 0. The van der Waals surface area contributed by atoms with Crippen molar-refractivity contribution < 1.29 is 13.2 Å². The van der Waals surface area contributed by atoms with E-state index in [2.05, 4.69) is 0 Å². The van der Waals surface area contributed by atoms with Crippen LogP contribution >= 0.6 is 0 Å². The molecule has 2 aliphatic heterocycles. The fraction of sp³-hybridized carbons (Fsp3) is 1.00. The van der Waals surface area contributed by atoms with E-state index in [9.17, 15) is 8.42 Å². The molecule has 0 aromatic heterocycles. The SMILES string of the molecule is CC1OCCC1(CN)C1CCS(=O)(=O)C1. The lowest BCUT2D eigenvalue weighted by Crippen LogP contribution is -2.44. The molecule has 2 N–H and O–H groups in total. The number of nitrogens with two attached hydrogens (primary N) is 1. The van der Waals surface area contributed by atoms with E-state index >= 15 is 0 Å². The van der Waals surface area contributed by atoms with Gasteiger partial charge in [0.15, 0.2) is 9.84 Å². The first-order valence-electron chi connectivity index (χ1n) is 5.52. The second-order valence-electron chi connectivity index (χ2n) is 4.80. The first-order valence-corrected chi connectivity index (χ1v) is 7.34. The summed E-state index contributed by atoms with van der Waals surface area (Å²) in [5.74, 6) is 0.828. The second-order valence-corrected chi connectivity index (χ2v) is 7.03. The Kier molecular flexibility index (Phi) is 2.81. The zero-order valence-electron chi connectivity index (χ0n) is 9.11. The maximum Gasteiger partial charge on any atom is 0.150 e. The van der Waals surface area contributed by atoms with Crippen molar-refractivity contribution in [2.45, 2.75) is 25.9 Å². The van der Waals surface area contributed by atoms with Gasteiger partial charge in [0.1, 0.15) is 0 Å². The molecule has 4 nitrogen and oxygen atoms in total. The van der Waals surface area contributed by atoms with Gasteiger partial charge in [0.05, 0.1) is 17.6 Å². The molecule has 2 heterocycles. The van der Waals surface area contributed by atoms with Crippen molar-refractivity contribution in [2.24, 2.45) is 17.1 Å². The van der Waals surface area contributed by atoms with E-state index in [1.54, 1.807) is 0 Å². The lowest BCUT2D eigenvalue weighted by molar-refractivity contribution is 0.0398. The quantitative estimate of drug-likeness (QED) is 0.738. The Bertz CT molecular complexity index is 341. The summed E-state index contributed by atoms with van der Waals surface area (Å²) < 4.78 is 28.5. The van der Waals surface area contributed by atoms with Crippen LogP contribution in [0.15, 0.2) is 0 Å². The van der Waals surface area contributed by atoms with E-state index in [1.807, 2.05) is 6.92 Å². The first kappa shape index (κ1) is 11.4. The largest absolute Gasteiger partial charge is 0.378 e. The minimum absolute atomic E-state index is 0.0937. The summed E-state index contributed by atoms with van der Waals surface area (Å²) >= 11 is 0. The monoisotopic (exact) mass is 233 g/mol. The molecule has 0 radical (unpaired) electrons. The summed E-state index contributed by atoms with van der Waals surface area (Å²) in [7, 11) is -2.82. The highest BCUT2D eigenvalue weighted by molar-refractivity contribution is 7.91. The highest BCUT2D eigenvalue weighted by atomic mass is 32.2. The minimum Gasteiger partial charge on any atom is -0.378 e. The van der Waals surface area contributed by atoms with Crippen LogP contribution in [0.3, 0.4) is 0 Å². The highest BCUT2D eigenvalue weighted by Gasteiger charge is 2.50. The van der Waals surface area contributed by atoms with Crippen LogP contribution in [-0.2, 0) is 14.6 Å². The Balaban J connectivity index is 2.21. The lowest BCUT2D eigenvalue weighted by atomic mass is 9.70. The number of sulfone groups is 1. The van der Waals surface area contributed by atoms with Gasteiger partial charge in [-0.05, 0) is 25.7 Å². The summed E-state index contributed by atoms with van der Waals surface area (Å²) in [4.78, 5) is 0. The van der Waals surface area contributed by atoms with Crippen LogP contribution in [0.4, 0.5) is 0 Å². The molecule has 0 aromatic rings. The summed E-state index contributed by atoms with van der Waals surface area (Å²) in [6.45, 7) is 3.27. The normalized spacial score (nSPS) is 44.7. The Morgan fingerprint density at radius 2 is 2.27 bits per heavy atom. The van der Waals surface area contributed by atoms with Gasteiger partial charge in [0.25, 0.3) is 0 Å². The van der Waals surface area contributed by atoms with Crippen LogP contribution < -0.4 is 5.73 Å². The van der Waals surface area contributed by atoms with Gasteiger partial charge in [0, 0.05) is 18.6 Å². The predicted octanol–water partition coefficient (Wildman–Crippen LogP) is 0.175. The molecule has 3 unspecified atom stereocenters. The number of hydrogen-bond acceptors (Lipinski definition) is 4. The van der Waals surface area contributed by atoms with Gasteiger partial charge in [-0.3, -0.25) is 0 Å². The van der Waals surface area contributed by atoms with E-state index in [0.29, 0.717) is 18.1 Å². The lowest BCUT2D eigenvalue weighted by Gasteiger charge is -2.36. The predicted molar refractivity (Wildman–Crippen MR) is 58.3 cm³/mol. The minimum atomic E-state index is -2.82. The second kappa shape index (κ2) is 3.71. The Hall–Kier alpha value is -0.130. The molecule has 3 atom stereocenters. The Labute approximate surface area is 91.1 Å². The molecule has 2 saturated heterocycles. The van der Waals surface area contributed by atoms with Gasteiger partial charge >= 0.3 is 0 Å². The van der Waals surface area contributed by atoms with Crippen molar-refractivity contribution in [3.8, 4) is 0 Å². The van der Waals surface area contributed by atoms with Gasteiger partial charge in [-0.25, -0.2) is 8.42 Å². The average molecular weight is 233 g/mol. The molecule has 15 heavy (non-hydrogen) atoms. The van der Waals surface area contributed by atoms with Crippen molar-refractivity contribution in [3.63, 3.8) is 0 Å². The third-order valence-corrected chi connectivity index (χ3v) is 5.94. The third-order valence-electron chi connectivity index (χ3n) is 4.17. The number of hydrogen-bond donors (Lipinski definition) is 1. The molecule has 0 bridgehead atoms. The highest BCUT2D eigenvalue weighted by Crippen LogP contribution is 2.45. The molecule has 0 aliphatic carbocycles. The van der Waals surface area contributed by atoms with Crippen LogP contribution in [0.25, 0.3) is 0 Å². The summed E-state index contributed by atoms with van der Waals surface area (Å²) in [6.07, 6.45) is 1.76. The molecule has 88 valence electrons. The van der Waals surface area contributed by atoms with Crippen LogP contribution in [-0.4, -0.2) is 39.2 Å². The molecule has 2 fully saturated rings.